The topological polar surface area (TPSA) is 16.1 Å². The molecule has 0 unspecified atom stereocenters. The first-order valence-corrected chi connectivity index (χ1v) is 6.29. The minimum atomic E-state index is 0.446. The Labute approximate surface area is 101 Å². The van der Waals surface area contributed by atoms with Crippen LogP contribution in [0.4, 0.5) is 0 Å². The lowest BCUT2D eigenvalue weighted by molar-refractivity contribution is 0.253. The third-order valence-electron chi connectivity index (χ3n) is 2.75. The van der Waals surface area contributed by atoms with Crippen molar-refractivity contribution in [3.63, 3.8) is 0 Å². The summed E-state index contributed by atoms with van der Waals surface area (Å²) >= 11 is 1.81. The summed E-state index contributed by atoms with van der Waals surface area (Å²) < 4.78 is 0. The van der Waals surface area contributed by atoms with Gasteiger partial charge in [-0.15, -0.1) is 11.3 Å². The molecule has 0 bridgehead atoms. The standard InChI is InChI=1S/C13H16N2S/c1-11(13-7-5-9-16-13)15(2)10-12-6-3-4-8-14-12/h3-9,11H,10H2,1-2H3/t11-/m0/s1. The maximum absolute atomic E-state index is 4.34. The highest BCUT2D eigenvalue weighted by molar-refractivity contribution is 7.10. The van der Waals surface area contributed by atoms with Gasteiger partial charge in [0.1, 0.15) is 0 Å². The van der Waals surface area contributed by atoms with Gasteiger partial charge < -0.3 is 0 Å². The number of rotatable bonds is 4. The van der Waals surface area contributed by atoms with Gasteiger partial charge in [0.15, 0.2) is 0 Å². The van der Waals surface area contributed by atoms with Gasteiger partial charge >= 0.3 is 0 Å². The summed E-state index contributed by atoms with van der Waals surface area (Å²) in [5.41, 5.74) is 1.12. The van der Waals surface area contributed by atoms with Crippen LogP contribution in [-0.4, -0.2) is 16.9 Å². The molecular weight excluding hydrogens is 216 g/mol. The predicted molar refractivity (Wildman–Crippen MR) is 68.4 cm³/mol. The normalized spacial score (nSPS) is 12.9. The second-order valence-electron chi connectivity index (χ2n) is 3.93. The summed E-state index contributed by atoms with van der Waals surface area (Å²) in [5, 5.41) is 2.13. The number of hydrogen-bond donors (Lipinski definition) is 0. The second kappa shape index (κ2) is 5.23. The van der Waals surface area contributed by atoms with Gasteiger partial charge in [0.05, 0.1) is 5.69 Å². The predicted octanol–water partition coefficient (Wildman–Crippen LogP) is 3.34. The van der Waals surface area contributed by atoms with Gasteiger partial charge in [0.2, 0.25) is 0 Å². The molecular formula is C13H16N2S. The van der Waals surface area contributed by atoms with Crippen molar-refractivity contribution in [3.05, 3.63) is 52.5 Å². The first-order chi connectivity index (χ1) is 7.77. The highest BCUT2D eigenvalue weighted by atomic mass is 32.1. The van der Waals surface area contributed by atoms with E-state index < -0.39 is 0 Å². The molecule has 2 nitrogen and oxygen atoms in total. The average molecular weight is 232 g/mol. The summed E-state index contributed by atoms with van der Waals surface area (Å²) in [5.74, 6) is 0. The van der Waals surface area contributed by atoms with Gasteiger partial charge in [-0.2, -0.15) is 0 Å². The zero-order valence-corrected chi connectivity index (χ0v) is 10.4. The second-order valence-corrected chi connectivity index (χ2v) is 4.91. The van der Waals surface area contributed by atoms with Crippen LogP contribution in [0.2, 0.25) is 0 Å². The van der Waals surface area contributed by atoms with Crippen LogP contribution in [0, 0.1) is 0 Å². The molecule has 16 heavy (non-hydrogen) atoms. The first-order valence-electron chi connectivity index (χ1n) is 5.41. The van der Waals surface area contributed by atoms with Gasteiger partial charge in [-0.05, 0) is 37.6 Å². The third kappa shape index (κ3) is 2.68. The van der Waals surface area contributed by atoms with Gasteiger partial charge in [-0.1, -0.05) is 12.1 Å². The highest BCUT2D eigenvalue weighted by Gasteiger charge is 2.12. The average Bonchev–Trinajstić information content (AvgIpc) is 2.83. The fourth-order valence-corrected chi connectivity index (χ4v) is 2.48. The molecule has 0 amide bonds. The van der Waals surface area contributed by atoms with E-state index in [-0.39, 0.29) is 0 Å². The van der Waals surface area contributed by atoms with Crippen LogP contribution in [-0.2, 0) is 6.54 Å². The Hall–Kier alpha value is -1.19. The Kier molecular flexibility index (Phi) is 3.70. The van der Waals surface area contributed by atoms with Crippen molar-refractivity contribution in [2.75, 3.05) is 7.05 Å². The van der Waals surface area contributed by atoms with Crippen LogP contribution in [0.1, 0.15) is 23.5 Å². The highest BCUT2D eigenvalue weighted by Crippen LogP contribution is 2.24. The molecule has 0 N–H and O–H groups in total. The largest absolute Gasteiger partial charge is 0.293 e. The van der Waals surface area contributed by atoms with E-state index in [4.69, 9.17) is 0 Å². The Morgan fingerprint density at radius 2 is 2.19 bits per heavy atom. The van der Waals surface area contributed by atoms with Crippen LogP contribution in [0.25, 0.3) is 0 Å². The maximum Gasteiger partial charge on any atom is 0.0544 e. The molecule has 2 aromatic heterocycles. The maximum atomic E-state index is 4.34. The number of nitrogens with zero attached hydrogens (tertiary/aromatic N) is 2. The number of aromatic nitrogens is 1. The summed E-state index contributed by atoms with van der Waals surface area (Å²) in [7, 11) is 2.14. The van der Waals surface area contributed by atoms with E-state index in [0.29, 0.717) is 6.04 Å². The number of hydrogen-bond acceptors (Lipinski definition) is 3. The van der Waals surface area contributed by atoms with E-state index >= 15 is 0 Å². The van der Waals surface area contributed by atoms with Crippen molar-refractivity contribution in [1.29, 1.82) is 0 Å². The van der Waals surface area contributed by atoms with Crippen molar-refractivity contribution in [1.82, 2.24) is 9.88 Å². The lowest BCUT2D eigenvalue weighted by Gasteiger charge is -2.23. The van der Waals surface area contributed by atoms with Crippen LogP contribution in [0.3, 0.4) is 0 Å². The minimum absolute atomic E-state index is 0.446. The van der Waals surface area contributed by atoms with Crippen LogP contribution in [0.5, 0.6) is 0 Å². The van der Waals surface area contributed by atoms with E-state index in [1.807, 2.05) is 29.7 Å². The van der Waals surface area contributed by atoms with E-state index in [1.54, 1.807) is 0 Å². The van der Waals surface area contributed by atoms with Crippen LogP contribution in [0.15, 0.2) is 41.9 Å². The number of pyridine rings is 1. The molecule has 1 atom stereocenters. The van der Waals surface area contributed by atoms with E-state index in [0.717, 1.165) is 12.2 Å². The zero-order chi connectivity index (χ0) is 11.4. The molecule has 2 heterocycles. The molecule has 0 saturated heterocycles. The minimum Gasteiger partial charge on any atom is -0.293 e. The Morgan fingerprint density at radius 3 is 2.81 bits per heavy atom. The SMILES string of the molecule is C[C@@H](c1cccs1)N(C)Cc1ccccn1. The smallest absolute Gasteiger partial charge is 0.0544 e. The Balaban J connectivity index is 2.01. The Bertz CT molecular complexity index is 411. The fraction of sp³-hybridized carbons (Fsp3) is 0.308. The molecule has 0 aliphatic carbocycles. The molecule has 3 heteroatoms. The zero-order valence-electron chi connectivity index (χ0n) is 9.63. The molecule has 0 spiro atoms. The van der Waals surface area contributed by atoms with Crippen molar-refractivity contribution in [3.8, 4) is 0 Å². The van der Waals surface area contributed by atoms with E-state index in [9.17, 15) is 0 Å². The summed E-state index contributed by atoms with van der Waals surface area (Å²) in [6.07, 6.45) is 1.85. The molecule has 2 aromatic rings. The first kappa shape index (κ1) is 11.3. The van der Waals surface area contributed by atoms with Crippen LogP contribution < -0.4 is 0 Å². The van der Waals surface area contributed by atoms with E-state index in [2.05, 4.69) is 47.4 Å². The molecule has 0 aliphatic heterocycles. The van der Waals surface area contributed by atoms with Gasteiger partial charge in [-0.3, -0.25) is 9.88 Å². The summed E-state index contributed by atoms with van der Waals surface area (Å²) in [4.78, 5) is 8.06. The van der Waals surface area contributed by atoms with Crippen molar-refractivity contribution < 1.29 is 0 Å². The Morgan fingerprint density at radius 1 is 1.31 bits per heavy atom. The molecule has 0 fully saturated rings. The monoisotopic (exact) mass is 232 g/mol. The number of thiophene rings is 1. The van der Waals surface area contributed by atoms with Gasteiger partial charge in [0, 0.05) is 23.7 Å². The molecule has 2 rings (SSSR count). The van der Waals surface area contributed by atoms with E-state index in [1.165, 1.54) is 4.88 Å². The van der Waals surface area contributed by atoms with Crippen molar-refractivity contribution in [2.45, 2.75) is 19.5 Å². The van der Waals surface area contributed by atoms with Gasteiger partial charge in [0.25, 0.3) is 0 Å². The molecule has 84 valence electrons. The van der Waals surface area contributed by atoms with Crippen LogP contribution >= 0.6 is 11.3 Å². The molecule has 0 aliphatic rings. The van der Waals surface area contributed by atoms with Crippen molar-refractivity contribution in [2.24, 2.45) is 0 Å². The van der Waals surface area contributed by atoms with Gasteiger partial charge in [-0.25, -0.2) is 0 Å². The molecule has 0 saturated carbocycles. The third-order valence-corrected chi connectivity index (χ3v) is 3.80. The summed E-state index contributed by atoms with van der Waals surface area (Å²) in [6, 6.07) is 10.8. The molecule has 0 aromatic carbocycles. The lowest BCUT2D eigenvalue weighted by Crippen LogP contribution is -2.21. The lowest BCUT2D eigenvalue weighted by atomic mass is 10.2. The quantitative estimate of drug-likeness (QED) is 0.803. The fourth-order valence-electron chi connectivity index (χ4n) is 1.63. The van der Waals surface area contributed by atoms with Crippen molar-refractivity contribution >= 4 is 11.3 Å². The summed E-state index contributed by atoms with van der Waals surface area (Å²) in [6.45, 7) is 3.12. The molecule has 0 radical (unpaired) electrons.